The van der Waals surface area contributed by atoms with Gasteiger partial charge < -0.3 is 20.0 Å². The fourth-order valence-corrected chi connectivity index (χ4v) is 1.91. The lowest BCUT2D eigenvalue weighted by atomic mass is 10.2. The third kappa shape index (κ3) is 4.46. The van der Waals surface area contributed by atoms with Gasteiger partial charge in [-0.1, -0.05) is 6.07 Å². The fourth-order valence-electron chi connectivity index (χ4n) is 1.91. The lowest BCUT2D eigenvalue weighted by Gasteiger charge is -2.11. The molecule has 0 bridgehead atoms. The van der Waals surface area contributed by atoms with Gasteiger partial charge in [-0.25, -0.2) is 0 Å². The second-order valence-corrected chi connectivity index (χ2v) is 5.01. The highest BCUT2D eigenvalue weighted by atomic mass is 16.3. The molecule has 6 nitrogen and oxygen atoms in total. The number of carbonyl (C=O) groups excluding carboxylic acids is 2. The average molecular weight is 301 g/mol. The molecule has 0 aliphatic rings. The lowest BCUT2D eigenvalue weighted by Crippen LogP contribution is -2.27. The Kier molecular flexibility index (Phi) is 5.32. The molecule has 0 unspecified atom stereocenters. The summed E-state index contributed by atoms with van der Waals surface area (Å²) in [6.07, 6.45) is 1.59. The van der Waals surface area contributed by atoms with Gasteiger partial charge in [0.25, 0.3) is 5.91 Å². The van der Waals surface area contributed by atoms with Crippen LogP contribution in [0.1, 0.15) is 16.1 Å². The maximum atomic E-state index is 11.9. The van der Waals surface area contributed by atoms with Crippen LogP contribution in [0.4, 0.5) is 5.69 Å². The number of nitrogens with one attached hydrogen (secondary N) is 2. The van der Waals surface area contributed by atoms with Crippen LogP contribution in [0.25, 0.3) is 0 Å². The van der Waals surface area contributed by atoms with Gasteiger partial charge in [-0.2, -0.15) is 0 Å². The highest BCUT2D eigenvalue weighted by Crippen LogP contribution is 2.11. The normalized spacial score (nSPS) is 10.3. The van der Waals surface area contributed by atoms with E-state index < -0.39 is 0 Å². The van der Waals surface area contributed by atoms with E-state index in [0.717, 1.165) is 5.76 Å². The number of hydrogen-bond acceptors (Lipinski definition) is 4. The molecule has 116 valence electrons. The highest BCUT2D eigenvalue weighted by molar-refractivity contribution is 5.97. The number of amides is 2. The SMILES string of the molecule is CN(C)C(=O)c1cccc(NC(=O)CNCc2ccco2)c1. The molecule has 6 heteroatoms. The first kappa shape index (κ1) is 15.8. The number of hydrogen-bond donors (Lipinski definition) is 2. The zero-order chi connectivity index (χ0) is 15.9. The number of carbonyl (C=O) groups is 2. The van der Waals surface area contributed by atoms with Crippen LogP contribution in [-0.2, 0) is 11.3 Å². The quantitative estimate of drug-likeness (QED) is 0.852. The van der Waals surface area contributed by atoms with Gasteiger partial charge in [-0.15, -0.1) is 0 Å². The molecule has 22 heavy (non-hydrogen) atoms. The van der Waals surface area contributed by atoms with Crippen LogP contribution in [0.3, 0.4) is 0 Å². The molecule has 0 radical (unpaired) electrons. The van der Waals surface area contributed by atoms with Crippen molar-refractivity contribution in [1.29, 1.82) is 0 Å². The van der Waals surface area contributed by atoms with Crippen molar-refractivity contribution in [2.45, 2.75) is 6.54 Å². The van der Waals surface area contributed by atoms with E-state index in [1.807, 2.05) is 6.07 Å². The van der Waals surface area contributed by atoms with Crippen LogP contribution in [-0.4, -0.2) is 37.4 Å². The predicted octanol–water partition coefficient (Wildman–Crippen LogP) is 1.71. The largest absolute Gasteiger partial charge is 0.468 e. The zero-order valence-electron chi connectivity index (χ0n) is 12.6. The summed E-state index contributed by atoms with van der Waals surface area (Å²) in [7, 11) is 3.37. The molecule has 0 atom stereocenters. The molecule has 2 amide bonds. The van der Waals surface area contributed by atoms with Gasteiger partial charge in [-0.3, -0.25) is 9.59 Å². The molecule has 1 aromatic carbocycles. The Labute approximate surface area is 129 Å². The molecule has 0 saturated heterocycles. The summed E-state index contributed by atoms with van der Waals surface area (Å²) in [6, 6.07) is 10.5. The summed E-state index contributed by atoms with van der Waals surface area (Å²) in [5, 5.41) is 5.74. The second-order valence-electron chi connectivity index (χ2n) is 5.01. The van der Waals surface area contributed by atoms with Gasteiger partial charge in [-0.05, 0) is 30.3 Å². The van der Waals surface area contributed by atoms with Crippen molar-refractivity contribution < 1.29 is 14.0 Å². The van der Waals surface area contributed by atoms with Gasteiger partial charge >= 0.3 is 0 Å². The molecule has 0 saturated carbocycles. The molecule has 2 N–H and O–H groups in total. The molecule has 0 spiro atoms. The van der Waals surface area contributed by atoms with Crippen LogP contribution in [0.5, 0.6) is 0 Å². The molecule has 2 aromatic rings. The van der Waals surface area contributed by atoms with E-state index >= 15 is 0 Å². The minimum absolute atomic E-state index is 0.105. The number of nitrogens with zero attached hydrogens (tertiary/aromatic N) is 1. The van der Waals surface area contributed by atoms with E-state index in [0.29, 0.717) is 17.8 Å². The zero-order valence-corrected chi connectivity index (χ0v) is 12.6. The Morgan fingerprint density at radius 2 is 2.00 bits per heavy atom. The van der Waals surface area contributed by atoms with Crippen LogP contribution in [0, 0.1) is 0 Å². The van der Waals surface area contributed by atoms with E-state index in [1.165, 1.54) is 4.90 Å². The Hall–Kier alpha value is -2.60. The summed E-state index contributed by atoms with van der Waals surface area (Å²) in [5.41, 5.74) is 1.13. The van der Waals surface area contributed by atoms with Gasteiger partial charge in [0.15, 0.2) is 0 Å². The standard InChI is InChI=1S/C16H19N3O3/c1-19(2)16(21)12-5-3-6-13(9-12)18-15(20)11-17-10-14-7-4-8-22-14/h3-9,17H,10-11H2,1-2H3,(H,18,20). The van der Waals surface area contributed by atoms with Crippen LogP contribution < -0.4 is 10.6 Å². The second kappa shape index (κ2) is 7.42. The van der Waals surface area contributed by atoms with Crippen LogP contribution in [0.15, 0.2) is 47.1 Å². The first-order valence-corrected chi connectivity index (χ1v) is 6.91. The summed E-state index contributed by atoms with van der Waals surface area (Å²) >= 11 is 0. The van der Waals surface area contributed by atoms with Gasteiger partial charge in [0, 0.05) is 25.3 Å². The van der Waals surface area contributed by atoms with Crippen molar-refractivity contribution in [1.82, 2.24) is 10.2 Å². The first-order valence-electron chi connectivity index (χ1n) is 6.91. The molecule has 2 rings (SSSR count). The van der Waals surface area contributed by atoms with E-state index in [9.17, 15) is 9.59 Å². The Balaban J connectivity index is 1.86. The van der Waals surface area contributed by atoms with E-state index in [2.05, 4.69) is 10.6 Å². The van der Waals surface area contributed by atoms with Crippen molar-refractivity contribution in [2.75, 3.05) is 26.0 Å². The predicted molar refractivity (Wildman–Crippen MR) is 83.5 cm³/mol. The van der Waals surface area contributed by atoms with E-state index in [1.54, 1.807) is 50.7 Å². The van der Waals surface area contributed by atoms with Gasteiger partial charge in [0.2, 0.25) is 5.91 Å². The maximum absolute atomic E-state index is 11.9. The molecular weight excluding hydrogens is 282 g/mol. The first-order chi connectivity index (χ1) is 10.6. The lowest BCUT2D eigenvalue weighted by molar-refractivity contribution is -0.115. The molecule has 0 fully saturated rings. The summed E-state index contributed by atoms with van der Waals surface area (Å²) in [4.78, 5) is 25.2. The summed E-state index contributed by atoms with van der Waals surface area (Å²) in [6.45, 7) is 0.645. The number of benzene rings is 1. The molecule has 1 aromatic heterocycles. The van der Waals surface area contributed by atoms with Crippen molar-refractivity contribution in [2.24, 2.45) is 0 Å². The van der Waals surface area contributed by atoms with Crippen LogP contribution in [0.2, 0.25) is 0 Å². The summed E-state index contributed by atoms with van der Waals surface area (Å²) < 4.78 is 5.16. The minimum Gasteiger partial charge on any atom is -0.468 e. The third-order valence-electron chi connectivity index (χ3n) is 2.96. The van der Waals surface area contributed by atoms with E-state index in [-0.39, 0.29) is 18.4 Å². The highest BCUT2D eigenvalue weighted by Gasteiger charge is 2.09. The molecule has 1 heterocycles. The number of anilines is 1. The smallest absolute Gasteiger partial charge is 0.253 e. The van der Waals surface area contributed by atoms with Gasteiger partial charge in [0.05, 0.1) is 19.4 Å². The third-order valence-corrected chi connectivity index (χ3v) is 2.96. The molecule has 0 aliphatic carbocycles. The Bertz CT molecular complexity index is 636. The molecule has 0 aliphatic heterocycles. The Morgan fingerprint density at radius 3 is 2.68 bits per heavy atom. The van der Waals surface area contributed by atoms with Crippen molar-refractivity contribution in [3.63, 3.8) is 0 Å². The summed E-state index contributed by atoms with van der Waals surface area (Å²) in [5.74, 6) is 0.486. The van der Waals surface area contributed by atoms with Crippen molar-refractivity contribution >= 4 is 17.5 Å². The average Bonchev–Trinajstić information content (AvgIpc) is 3.00. The van der Waals surface area contributed by atoms with Crippen molar-refractivity contribution in [3.05, 3.63) is 54.0 Å². The monoisotopic (exact) mass is 301 g/mol. The Morgan fingerprint density at radius 1 is 1.18 bits per heavy atom. The minimum atomic E-state index is -0.180. The topological polar surface area (TPSA) is 74.6 Å². The van der Waals surface area contributed by atoms with E-state index in [4.69, 9.17) is 4.42 Å². The maximum Gasteiger partial charge on any atom is 0.253 e. The number of furan rings is 1. The van der Waals surface area contributed by atoms with Gasteiger partial charge in [0.1, 0.15) is 5.76 Å². The number of rotatable bonds is 6. The van der Waals surface area contributed by atoms with Crippen molar-refractivity contribution in [3.8, 4) is 0 Å². The van der Waals surface area contributed by atoms with Crippen LogP contribution >= 0.6 is 0 Å². The molecular formula is C16H19N3O3. The fraction of sp³-hybridized carbons (Fsp3) is 0.250.